The van der Waals surface area contributed by atoms with Crippen LogP contribution in [0.5, 0.6) is 0 Å². The molecule has 3 heterocycles. The van der Waals surface area contributed by atoms with E-state index in [2.05, 4.69) is 15.2 Å². The molecule has 2 fully saturated rings. The number of fused-ring (bicyclic) bond motifs is 3. The highest BCUT2D eigenvalue weighted by Crippen LogP contribution is 2.20. The minimum atomic E-state index is -0.108. The summed E-state index contributed by atoms with van der Waals surface area (Å²) in [5.74, 6) is 0.622. The normalized spacial score (nSPS) is 25.0. The highest BCUT2D eigenvalue weighted by atomic mass is 16.5. The highest BCUT2D eigenvalue weighted by molar-refractivity contribution is 5.79. The first-order chi connectivity index (χ1) is 11.3. The Hall–Kier alpha value is -2.18. The zero-order valence-corrected chi connectivity index (χ0v) is 12.8. The number of oxazole rings is 1. The molecule has 23 heavy (non-hydrogen) atoms. The summed E-state index contributed by atoms with van der Waals surface area (Å²) in [7, 11) is 0. The molecule has 2 aliphatic rings. The number of nitrogens with zero attached hydrogens (tertiary/aromatic N) is 2. The first kappa shape index (κ1) is 14.4. The van der Waals surface area contributed by atoms with Crippen LogP contribution in [0.25, 0.3) is 11.5 Å². The van der Waals surface area contributed by atoms with Gasteiger partial charge in [-0.3, -0.25) is 9.69 Å². The van der Waals surface area contributed by atoms with Gasteiger partial charge in [0, 0.05) is 25.2 Å². The Kier molecular flexibility index (Phi) is 3.85. The molecule has 2 saturated heterocycles. The van der Waals surface area contributed by atoms with Crippen LogP contribution in [0.1, 0.15) is 5.69 Å². The molecule has 6 nitrogen and oxygen atoms in total. The van der Waals surface area contributed by atoms with Crippen LogP contribution in [0, 0.1) is 5.92 Å². The van der Waals surface area contributed by atoms with Gasteiger partial charge >= 0.3 is 0 Å². The summed E-state index contributed by atoms with van der Waals surface area (Å²) in [4.78, 5) is 18.9. The minimum Gasteiger partial charge on any atom is -0.444 e. The summed E-state index contributed by atoms with van der Waals surface area (Å²) in [5, 5.41) is 3.04. The molecule has 1 aromatic heterocycles. The molecule has 0 radical (unpaired) electrons. The molecule has 0 saturated carbocycles. The molecule has 2 bridgehead atoms. The number of benzene rings is 1. The maximum atomic E-state index is 12.0. The fraction of sp³-hybridized carbons (Fsp3) is 0.412. The summed E-state index contributed by atoms with van der Waals surface area (Å²) in [6, 6.07) is 9.90. The molecule has 0 aliphatic carbocycles. The van der Waals surface area contributed by atoms with Gasteiger partial charge < -0.3 is 14.5 Å². The number of hydrogen-bond acceptors (Lipinski definition) is 5. The molecule has 1 aromatic carbocycles. The number of ether oxygens (including phenoxy) is 1. The lowest BCUT2D eigenvalue weighted by atomic mass is 10.1. The van der Waals surface area contributed by atoms with Crippen LogP contribution in [0.2, 0.25) is 0 Å². The molecule has 4 rings (SSSR count). The van der Waals surface area contributed by atoms with Crippen molar-refractivity contribution in [2.75, 3.05) is 26.3 Å². The molecule has 6 heteroatoms. The Morgan fingerprint density at radius 1 is 1.22 bits per heavy atom. The van der Waals surface area contributed by atoms with Gasteiger partial charge in [-0.25, -0.2) is 4.98 Å². The van der Waals surface area contributed by atoms with Gasteiger partial charge in [0.25, 0.3) is 0 Å². The van der Waals surface area contributed by atoms with E-state index in [1.807, 2.05) is 30.3 Å². The SMILES string of the molecule is O=C1N[C@@H]2COC[C@H]1CN(Cc1coc(-c3ccccc3)n1)C2. The van der Waals surface area contributed by atoms with Crippen molar-refractivity contribution in [2.45, 2.75) is 12.6 Å². The van der Waals surface area contributed by atoms with Crippen molar-refractivity contribution in [1.82, 2.24) is 15.2 Å². The van der Waals surface area contributed by atoms with Crippen molar-refractivity contribution < 1.29 is 13.9 Å². The molecule has 120 valence electrons. The maximum absolute atomic E-state index is 12.0. The maximum Gasteiger partial charge on any atom is 0.227 e. The second-order valence-corrected chi connectivity index (χ2v) is 6.14. The number of nitrogens with one attached hydrogen (secondary N) is 1. The molecule has 1 amide bonds. The molecule has 2 atom stereocenters. The van der Waals surface area contributed by atoms with E-state index < -0.39 is 0 Å². The van der Waals surface area contributed by atoms with Crippen LogP contribution in [0.15, 0.2) is 41.0 Å². The van der Waals surface area contributed by atoms with Crippen molar-refractivity contribution >= 4 is 5.91 Å². The van der Waals surface area contributed by atoms with E-state index in [0.29, 0.717) is 32.2 Å². The number of aromatic nitrogens is 1. The Bertz CT molecular complexity index is 685. The van der Waals surface area contributed by atoms with Crippen molar-refractivity contribution in [3.8, 4) is 11.5 Å². The standard InChI is InChI=1S/C17H19N3O3/c21-16-13-6-20(7-14(18-16)10-22-9-13)8-15-11-23-17(19-15)12-4-2-1-3-5-12/h1-5,11,13-14H,6-10H2,(H,18,21)/t13-,14+/m1/s1. The summed E-state index contributed by atoms with van der Waals surface area (Å²) >= 11 is 0. The largest absolute Gasteiger partial charge is 0.444 e. The predicted octanol–water partition coefficient (Wildman–Crippen LogP) is 1.29. The number of rotatable bonds is 3. The third-order valence-electron chi connectivity index (χ3n) is 4.27. The number of carbonyl (C=O) groups is 1. The third-order valence-corrected chi connectivity index (χ3v) is 4.27. The number of hydrogen-bond donors (Lipinski definition) is 1. The van der Waals surface area contributed by atoms with E-state index in [-0.39, 0.29) is 17.9 Å². The topological polar surface area (TPSA) is 67.6 Å². The first-order valence-electron chi connectivity index (χ1n) is 7.88. The van der Waals surface area contributed by atoms with Crippen LogP contribution in [0.4, 0.5) is 0 Å². The molecule has 1 N–H and O–H groups in total. The fourth-order valence-electron chi connectivity index (χ4n) is 3.17. The second-order valence-electron chi connectivity index (χ2n) is 6.14. The molecular formula is C17H19N3O3. The van der Waals surface area contributed by atoms with E-state index in [0.717, 1.165) is 17.8 Å². The average Bonchev–Trinajstić information content (AvgIpc) is 2.87. The molecule has 2 aliphatic heterocycles. The lowest BCUT2D eigenvalue weighted by molar-refractivity contribution is -0.125. The Morgan fingerprint density at radius 3 is 2.96 bits per heavy atom. The summed E-state index contributed by atoms with van der Waals surface area (Å²) in [6.07, 6.45) is 1.70. The van der Waals surface area contributed by atoms with Crippen molar-refractivity contribution in [3.63, 3.8) is 0 Å². The van der Waals surface area contributed by atoms with Crippen LogP contribution in [-0.2, 0) is 16.1 Å². The van der Waals surface area contributed by atoms with Gasteiger partial charge in [0.15, 0.2) is 0 Å². The predicted molar refractivity (Wildman–Crippen MR) is 83.5 cm³/mol. The second kappa shape index (κ2) is 6.14. The van der Waals surface area contributed by atoms with Gasteiger partial charge in [0.2, 0.25) is 11.8 Å². The lowest BCUT2D eigenvalue weighted by Gasteiger charge is -2.26. The summed E-state index contributed by atoms with van der Waals surface area (Å²) in [5.41, 5.74) is 1.86. The van der Waals surface area contributed by atoms with E-state index in [9.17, 15) is 4.79 Å². The molecule has 2 aromatic rings. The number of carbonyl (C=O) groups excluding carboxylic acids is 1. The molecule has 0 spiro atoms. The van der Waals surface area contributed by atoms with Crippen LogP contribution in [0.3, 0.4) is 0 Å². The molecular weight excluding hydrogens is 294 g/mol. The summed E-state index contributed by atoms with van der Waals surface area (Å²) < 4.78 is 11.1. The number of amides is 1. The van der Waals surface area contributed by atoms with Gasteiger partial charge in [0.1, 0.15) is 6.26 Å². The highest BCUT2D eigenvalue weighted by Gasteiger charge is 2.33. The smallest absolute Gasteiger partial charge is 0.227 e. The zero-order chi connectivity index (χ0) is 15.6. The van der Waals surface area contributed by atoms with Crippen molar-refractivity contribution in [3.05, 3.63) is 42.3 Å². The van der Waals surface area contributed by atoms with Gasteiger partial charge in [-0.1, -0.05) is 18.2 Å². The van der Waals surface area contributed by atoms with Crippen molar-refractivity contribution in [1.29, 1.82) is 0 Å². The van der Waals surface area contributed by atoms with Crippen molar-refractivity contribution in [2.24, 2.45) is 5.92 Å². The van der Waals surface area contributed by atoms with Gasteiger partial charge in [0.05, 0.1) is 30.9 Å². The van der Waals surface area contributed by atoms with Gasteiger partial charge in [-0.15, -0.1) is 0 Å². The van der Waals surface area contributed by atoms with E-state index in [1.165, 1.54) is 0 Å². The van der Waals surface area contributed by atoms with E-state index in [4.69, 9.17) is 9.15 Å². The van der Waals surface area contributed by atoms with E-state index in [1.54, 1.807) is 6.26 Å². The zero-order valence-electron chi connectivity index (χ0n) is 12.8. The van der Waals surface area contributed by atoms with Crippen LogP contribution >= 0.6 is 0 Å². The summed E-state index contributed by atoms with van der Waals surface area (Å²) in [6.45, 7) is 3.21. The van der Waals surface area contributed by atoms with E-state index >= 15 is 0 Å². The lowest BCUT2D eigenvalue weighted by Crippen LogP contribution is -2.41. The minimum absolute atomic E-state index is 0.0514. The average molecular weight is 313 g/mol. The molecule has 0 unspecified atom stereocenters. The first-order valence-corrected chi connectivity index (χ1v) is 7.88. The van der Waals surface area contributed by atoms with Gasteiger partial charge in [-0.05, 0) is 12.1 Å². The Balaban J connectivity index is 1.48. The van der Waals surface area contributed by atoms with Gasteiger partial charge in [-0.2, -0.15) is 0 Å². The van der Waals surface area contributed by atoms with Crippen LogP contribution in [-0.4, -0.2) is 48.1 Å². The monoisotopic (exact) mass is 313 g/mol. The third kappa shape index (κ3) is 3.13. The Morgan fingerprint density at radius 2 is 2.09 bits per heavy atom. The quantitative estimate of drug-likeness (QED) is 0.925. The van der Waals surface area contributed by atoms with Crippen LogP contribution < -0.4 is 5.32 Å². The Labute approximate surface area is 134 Å². The fourth-order valence-corrected chi connectivity index (χ4v) is 3.17.